The summed E-state index contributed by atoms with van der Waals surface area (Å²) < 4.78 is 0. The molecule has 3 aromatic carbocycles. The Morgan fingerprint density at radius 3 is 2.30 bits per heavy atom. The summed E-state index contributed by atoms with van der Waals surface area (Å²) in [5.74, 6) is 0.513. The normalized spacial score (nSPS) is 16.2. The molecule has 1 aliphatic rings. The third kappa shape index (κ3) is 3.19. The predicted molar refractivity (Wildman–Crippen MR) is 87.9 cm³/mol. The van der Waals surface area contributed by atoms with E-state index in [2.05, 4.69) is 74.5 Å². The quantitative estimate of drug-likeness (QED) is 0.404. The maximum Gasteiger partial charge on any atom is 3.00 e. The molecule has 23 heavy (non-hydrogen) atoms. The zero-order valence-corrected chi connectivity index (χ0v) is 16.2. The standard InChI is InChI=1S/C20H17.2ClH.Ti/c1-13-10-11-14(2)20(13)18-9-5-8-17-16-7-4-3-6-15(16)12-19(17)18;;;/h3-13H,1-2H3;2*1H;/q-1;;;+3/p-2. The van der Waals surface area contributed by atoms with Gasteiger partial charge < -0.3 is 24.8 Å². The van der Waals surface area contributed by atoms with E-state index in [-0.39, 0.29) is 46.5 Å². The van der Waals surface area contributed by atoms with Gasteiger partial charge in [0.25, 0.3) is 0 Å². The van der Waals surface area contributed by atoms with E-state index >= 15 is 0 Å². The van der Waals surface area contributed by atoms with Crippen molar-refractivity contribution in [3.05, 3.63) is 71.8 Å². The molecule has 0 spiro atoms. The molecule has 0 fully saturated rings. The van der Waals surface area contributed by atoms with Crippen LogP contribution in [0.5, 0.6) is 0 Å². The van der Waals surface area contributed by atoms with Crippen LogP contribution in [0.15, 0.2) is 66.3 Å². The van der Waals surface area contributed by atoms with Gasteiger partial charge in [-0.3, -0.25) is 0 Å². The number of hydrogen-bond acceptors (Lipinski definition) is 0. The van der Waals surface area contributed by atoms with E-state index in [0.717, 1.165) is 0 Å². The van der Waals surface area contributed by atoms with Gasteiger partial charge in [-0.25, -0.2) is 0 Å². The summed E-state index contributed by atoms with van der Waals surface area (Å²) in [6.07, 6.45) is 4.55. The van der Waals surface area contributed by atoms with Gasteiger partial charge in [-0.05, 0) is 12.8 Å². The van der Waals surface area contributed by atoms with E-state index in [1.165, 1.54) is 38.3 Å². The molecule has 0 amide bonds. The molecule has 0 saturated heterocycles. The second-order valence-electron chi connectivity index (χ2n) is 5.74. The molecule has 0 aliphatic heterocycles. The van der Waals surface area contributed by atoms with E-state index in [0.29, 0.717) is 5.92 Å². The maximum absolute atomic E-state index is 2.34. The van der Waals surface area contributed by atoms with Gasteiger partial charge in [0.15, 0.2) is 0 Å². The molecule has 0 aromatic heterocycles. The van der Waals surface area contributed by atoms with Crippen LogP contribution in [0.25, 0.3) is 27.1 Å². The van der Waals surface area contributed by atoms with Crippen LogP contribution >= 0.6 is 0 Å². The van der Waals surface area contributed by atoms with E-state index < -0.39 is 0 Å². The number of allylic oxidation sites excluding steroid dienone is 4. The second kappa shape index (κ2) is 7.77. The Kier molecular flexibility index (Phi) is 6.80. The molecule has 0 saturated carbocycles. The van der Waals surface area contributed by atoms with Gasteiger partial charge in [0.2, 0.25) is 0 Å². The van der Waals surface area contributed by atoms with Crippen LogP contribution in [-0.4, -0.2) is 0 Å². The van der Waals surface area contributed by atoms with Crippen molar-refractivity contribution in [3.63, 3.8) is 0 Å². The number of hydrogen-bond donors (Lipinski definition) is 0. The summed E-state index contributed by atoms with van der Waals surface area (Å²) in [7, 11) is 0. The Morgan fingerprint density at radius 2 is 1.61 bits per heavy atom. The van der Waals surface area contributed by atoms with E-state index in [9.17, 15) is 0 Å². The van der Waals surface area contributed by atoms with Crippen molar-refractivity contribution < 1.29 is 46.5 Å². The fourth-order valence-corrected chi connectivity index (χ4v) is 3.51. The summed E-state index contributed by atoms with van der Waals surface area (Å²) >= 11 is 0. The summed E-state index contributed by atoms with van der Waals surface area (Å²) in [5.41, 5.74) is 4.27. The molecule has 4 rings (SSSR count). The van der Waals surface area contributed by atoms with Crippen molar-refractivity contribution >= 4 is 27.1 Å². The van der Waals surface area contributed by atoms with Gasteiger partial charge in [0, 0.05) is 0 Å². The van der Waals surface area contributed by atoms with E-state index in [1.807, 2.05) is 0 Å². The zero-order valence-electron chi connectivity index (χ0n) is 13.1. The third-order valence-electron chi connectivity index (χ3n) is 4.46. The van der Waals surface area contributed by atoms with Crippen LogP contribution in [-0.2, 0) is 21.7 Å². The molecule has 1 atom stereocenters. The van der Waals surface area contributed by atoms with Crippen LogP contribution < -0.4 is 24.8 Å². The fraction of sp³-hybridized carbons (Fsp3) is 0.150. The number of fused-ring (bicyclic) bond motifs is 3. The van der Waals surface area contributed by atoms with Crippen molar-refractivity contribution in [1.29, 1.82) is 0 Å². The molecule has 1 radical (unpaired) electrons. The monoisotopic (exact) mass is 375 g/mol. The molecule has 115 valence electrons. The SMILES string of the molecule is CC1=C(c2cccc3c2[cH-]c2ccccc23)C(C)C=C1.[Cl-].[Cl-].[Ti+3]. The molecular weight excluding hydrogens is 359 g/mol. The van der Waals surface area contributed by atoms with Gasteiger partial charge in [-0.2, -0.15) is 0 Å². The van der Waals surface area contributed by atoms with Crippen molar-refractivity contribution in [3.8, 4) is 0 Å². The van der Waals surface area contributed by atoms with Gasteiger partial charge in [0.05, 0.1) is 0 Å². The molecule has 1 unspecified atom stereocenters. The first kappa shape index (κ1) is 20.1. The molecule has 0 heterocycles. The Bertz CT molecular complexity index is 887. The largest absolute Gasteiger partial charge is 3.00 e. The first-order valence-electron chi connectivity index (χ1n) is 7.22. The van der Waals surface area contributed by atoms with Crippen LogP contribution in [0.1, 0.15) is 19.4 Å². The van der Waals surface area contributed by atoms with Crippen molar-refractivity contribution in [2.45, 2.75) is 13.8 Å². The Balaban J connectivity index is 0.000000882. The fourth-order valence-electron chi connectivity index (χ4n) is 3.51. The molecule has 0 bridgehead atoms. The average molecular weight is 376 g/mol. The zero-order chi connectivity index (χ0) is 13.7. The Labute approximate surface area is 164 Å². The first-order chi connectivity index (χ1) is 9.75. The topological polar surface area (TPSA) is 0 Å². The predicted octanol–water partition coefficient (Wildman–Crippen LogP) is -0.303. The molecule has 0 nitrogen and oxygen atoms in total. The summed E-state index contributed by atoms with van der Waals surface area (Å²) in [6.45, 7) is 4.50. The number of benzene rings is 2. The van der Waals surface area contributed by atoms with Crippen LogP contribution in [0, 0.1) is 5.92 Å². The van der Waals surface area contributed by atoms with Gasteiger partial charge in [0.1, 0.15) is 0 Å². The number of rotatable bonds is 1. The smallest absolute Gasteiger partial charge is 1.00 e. The minimum atomic E-state index is 0. The van der Waals surface area contributed by atoms with Crippen LogP contribution in [0.3, 0.4) is 0 Å². The van der Waals surface area contributed by atoms with Crippen LogP contribution in [0.4, 0.5) is 0 Å². The molecule has 0 N–H and O–H groups in total. The Hall–Kier alpha value is -0.916. The molecule has 1 aliphatic carbocycles. The van der Waals surface area contributed by atoms with E-state index in [4.69, 9.17) is 0 Å². The van der Waals surface area contributed by atoms with E-state index in [1.54, 1.807) is 0 Å². The summed E-state index contributed by atoms with van der Waals surface area (Å²) in [4.78, 5) is 0. The van der Waals surface area contributed by atoms with Crippen molar-refractivity contribution in [1.82, 2.24) is 0 Å². The van der Waals surface area contributed by atoms with Crippen molar-refractivity contribution in [2.75, 3.05) is 0 Å². The summed E-state index contributed by atoms with van der Waals surface area (Å²) in [6, 6.07) is 17.7. The number of halogens is 2. The minimum Gasteiger partial charge on any atom is -1.00 e. The first-order valence-corrected chi connectivity index (χ1v) is 7.22. The van der Waals surface area contributed by atoms with Gasteiger partial charge >= 0.3 is 21.7 Å². The van der Waals surface area contributed by atoms with Gasteiger partial charge in [-0.15, -0.1) is 33.7 Å². The van der Waals surface area contributed by atoms with Crippen molar-refractivity contribution in [2.24, 2.45) is 5.92 Å². The third-order valence-corrected chi connectivity index (χ3v) is 4.46. The average Bonchev–Trinajstić information content (AvgIpc) is 3.00. The second-order valence-corrected chi connectivity index (χ2v) is 5.74. The minimum absolute atomic E-state index is 0. The van der Waals surface area contributed by atoms with Crippen LogP contribution in [0.2, 0.25) is 0 Å². The molecular formula is C20H17Cl2Ti. The van der Waals surface area contributed by atoms with Gasteiger partial charge in [-0.1, -0.05) is 72.2 Å². The maximum atomic E-state index is 2.34. The molecule has 3 aromatic rings. The summed E-state index contributed by atoms with van der Waals surface area (Å²) in [5, 5.41) is 5.46. The Morgan fingerprint density at radius 1 is 0.913 bits per heavy atom. The molecule has 3 heteroatoms.